The number of benzene rings is 2. The molecule has 1 amide bonds. The molecule has 0 saturated heterocycles. The average molecular weight is 401 g/mol. The van der Waals surface area contributed by atoms with Gasteiger partial charge in [0, 0.05) is 22.9 Å². The molecule has 1 aromatic heterocycles. The van der Waals surface area contributed by atoms with Gasteiger partial charge in [-0.25, -0.2) is 9.37 Å². The number of allylic oxidation sites excluding steroid dienone is 1. The van der Waals surface area contributed by atoms with Crippen molar-refractivity contribution >= 4 is 51.5 Å². The minimum Gasteiger partial charge on any atom is -0.289 e. The van der Waals surface area contributed by atoms with Crippen molar-refractivity contribution in [3.05, 3.63) is 82.1 Å². The van der Waals surface area contributed by atoms with E-state index in [9.17, 15) is 14.0 Å². The number of amides is 1. The summed E-state index contributed by atoms with van der Waals surface area (Å²) < 4.78 is 14.1. The predicted octanol–water partition coefficient (Wildman–Crippen LogP) is 5.52. The minimum atomic E-state index is -0.516. The molecule has 0 spiro atoms. The lowest BCUT2D eigenvalue weighted by Crippen LogP contribution is -2.23. The molecule has 3 rings (SSSR count). The number of halogens is 2. The van der Waals surface area contributed by atoms with Crippen molar-refractivity contribution in [3.63, 3.8) is 0 Å². The van der Waals surface area contributed by atoms with Crippen molar-refractivity contribution < 1.29 is 14.0 Å². The molecule has 0 N–H and O–H groups in total. The van der Waals surface area contributed by atoms with E-state index in [0.717, 1.165) is 0 Å². The normalized spacial score (nSPS) is 10.9. The molecule has 0 atom stereocenters. The summed E-state index contributed by atoms with van der Waals surface area (Å²) in [6.07, 6.45) is 2.94. The smallest absolute Gasteiger partial charge is 0.230 e. The molecule has 0 radical (unpaired) electrons. The Morgan fingerprint density at radius 1 is 1.15 bits per heavy atom. The highest BCUT2D eigenvalue weighted by Gasteiger charge is 2.20. The van der Waals surface area contributed by atoms with E-state index in [0.29, 0.717) is 21.4 Å². The van der Waals surface area contributed by atoms with Gasteiger partial charge in [0.25, 0.3) is 0 Å². The predicted molar refractivity (Wildman–Crippen MR) is 106 cm³/mol. The van der Waals surface area contributed by atoms with Crippen LogP contribution in [-0.4, -0.2) is 16.7 Å². The first-order valence-corrected chi connectivity index (χ1v) is 9.20. The lowest BCUT2D eigenvalue weighted by molar-refractivity contribution is -0.115. The fourth-order valence-corrected chi connectivity index (χ4v) is 3.34. The van der Waals surface area contributed by atoms with Gasteiger partial charge in [-0.05, 0) is 48.6 Å². The highest BCUT2D eigenvalue weighted by molar-refractivity contribution is 7.14. The van der Waals surface area contributed by atoms with Crippen molar-refractivity contribution in [1.82, 2.24) is 4.98 Å². The molecule has 7 heteroatoms. The van der Waals surface area contributed by atoms with Crippen LogP contribution in [0.4, 0.5) is 15.2 Å². The number of hydrogen-bond donors (Lipinski definition) is 0. The second-order valence-electron chi connectivity index (χ2n) is 5.57. The van der Waals surface area contributed by atoms with Crippen LogP contribution < -0.4 is 4.90 Å². The summed E-state index contributed by atoms with van der Waals surface area (Å²) in [6, 6.07) is 12.5. The van der Waals surface area contributed by atoms with E-state index in [1.807, 2.05) is 0 Å². The van der Waals surface area contributed by atoms with Gasteiger partial charge in [0.05, 0.1) is 11.4 Å². The van der Waals surface area contributed by atoms with Crippen LogP contribution in [0.25, 0.3) is 6.08 Å². The van der Waals surface area contributed by atoms with Gasteiger partial charge in [-0.1, -0.05) is 23.7 Å². The Balaban J connectivity index is 1.82. The van der Waals surface area contributed by atoms with Crippen LogP contribution in [0.1, 0.15) is 23.0 Å². The monoisotopic (exact) mass is 400 g/mol. The minimum absolute atomic E-state index is 0.132. The lowest BCUT2D eigenvalue weighted by atomic mass is 10.1. The molecule has 4 nitrogen and oxygen atoms in total. The number of rotatable bonds is 5. The number of nitrogens with zero attached hydrogens (tertiary/aromatic N) is 2. The van der Waals surface area contributed by atoms with Gasteiger partial charge in [-0.3, -0.25) is 14.5 Å². The van der Waals surface area contributed by atoms with Gasteiger partial charge in [-0.2, -0.15) is 0 Å². The van der Waals surface area contributed by atoms with Gasteiger partial charge in [-0.15, -0.1) is 11.3 Å². The van der Waals surface area contributed by atoms with Crippen LogP contribution in [0, 0.1) is 5.82 Å². The zero-order valence-corrected chi connectivity index (χ0v) is 15.8. The average Bonchev–Trinajstić information content (AvgIpc) is 3.10. The number of anilines is 2. The number of para-hydroxylation sites is 1. The van der Waals surface area contributed by atoms with Gasteiger partial charge >= 0.3 is 0 Å². The molecule has 0 aliphatic carbocycles. The highest BCUT2D eigenvalue weighted by Crippen LogP contribution is 2.31. The van der Waals surface area contributed by atoms with E-state index in [-0.39, 0.29) is 17.4 Å². The Bertz CT molecular complexity index is 1010. The van der Waals surface area contributed by atoms with Crippen LogP contribution in [-0.2, 0) is 4.79 Å². The standard InChI is InChI=1S/C20H14ClFN2O2S/c1-13(25)24(18-5-3-2-4-17(18)22)20-23-16(12-27-20)10-11-19(26)14-6-8-15(21)9-7-14/h2-12H,1H3/b11-10+. The number of carbonyl (C=O) groups excluding carboxylic acids is 2. The fourth-order valence-electron chi connectivity index (χ4n) is 2.37. The number of aromatic nitrogens is 1. The van der Waals surface area contributed by atoms with Gasteiger partial charge in [0.15, 0.2) is 10.9 Å². The fraction of sp³-hybridized carbons (Fsp3) is 0.0500. The maximum absolute atomic E-state index is 14.1. The van der Waals surface area contributed by atoms with Gasteiger partial charge < -0.3 is 0 Å². The van der Waals surface area contributed by atoms with Crippen molar-refractivity contribution in [1.29, 1.82) is 0 Å². The molecular weight excluding hydrogens is 387 g/mol. The summed E-state index contributed by atoms with van der Waals surface area (Å²) >= 11 is 7.00. The number of hydrogen-bond acceptors (Lipinski definition) is 4. The zero-order valence-electron chi connectivity index (χ0n) is 14.2. The second kappa shape index (κ2) is 8.24. The first-order chi connectivity index (χ1) is 13.0. The molecule has 0 aliphatic heterocycles. The summed E-state index contributed by atoms with van der Waals surface area (Å²) in [5.74, 6) is -1.07. The van der Waals surface area contributed by atoms with E-state index < -0.39 is 5.82 Å². The van der Waals surface area contributed by atoms with E-state index in [2.05, 4.69) is 4.98 Å². The largest absolute Gasteiger partial charge is 0.289 e. The molecule has 0 fully saturated rings. The third kappa shape index (κ3) is 4.48. The van der Waals surface area contributed by atoms with E-state index in [1.54, 1.807) is 47.9 Å². The Morgan fingerprint density at radius 2 is 1.85 bits per heavy atom. The van der Waals surface area contributed by atoms with Gasteiger partial charge in [0.2, 0.25) is 5.91 Å². The first-order valence-electron chi connectivity index (χ1n) is 7.94. The van der Waals surface area contributed by atoms with Crippen LogP contribution in [0.15, 0.2) is 60.0 Å². The Morgan fingerprint density at radius 3 is 2.52 bits per heavy atom. The highest BCUT2D eigenvalue weighted by atomic mass is 35.5. The molecule has 136 valence electrons. The molecule has 1 heterocycles. The third-order valence-electron chi connectivity index (χ3n) is 3.64. The summed E-state index contributed by atoms with van der Waals surface area (Å²) in [7, 11) is 0. The van der Waals surface area contributed by atoms with Crippen molar-refractivity contribution in [2.24, 2.45) is 0 Å². The molecular formula is C20H14ClFN2O2S. The van der Waals surface area contributed by atoms with E-state index in [4.69, 9.17) is 11.6 Å². The molecule has 0 unspecified atom stereocenters. The van der Waals surface area contributed by atoms with Gasteiger partial charge in [0.1, 0.15) is 5.82 Å². The maximum atomic E-state index is 14.1. The summed E-state index contributed by atoms with van der Waals surface area (Å²) in [5, 5.41) is 2.57. The van der Waals surface area contributed by atoms with E-state index >= 15 is 0 Å². The van der Waals surface area contributed by atoms with Crippen molar-refractivity contribution in [3.8, 4) is 0 Å². The molecule has 27 heavy (non-hydrogen) atoms. The molecule has 0 aliphatic rings. The first kappa shape index (κ1) is 18.9. The zero-order chi connectivity index (χ0) is 19.4. The number of ketones is 1. The Kier molecular flexibility index (Phi) is 5.78. The van der Waals surface area contributed by atoms with Crippen LogP contribution in [0.2, 0.25) is 5.02 Å². The molecule has 3 aromatic rings. The molecule has 0 bridgehead atoms. The van der Waals surface area contributed by atoms with E-state index in [1.165, 1.54) is 41.4 Å². The topological polar surface area (TPSA) is 50.3 Å². The van der Waals surface area contributed by atoms with Crippen LogP contribution in [0.3, 0.4) is 0 Å². The summed E-state index contributed by atoms with van der Waals surface area (Å²) in [5.41, 5.74) is 1.13. The number of thiazole rings is 1. The van der Waals surface area contributed by atoms with Crippen LogP contribution >= 0.6 is 22.9 Å². The summed E-state index contributed by atoms with van der Waals surface area (Å²) in [6.45, 7) is 1.34. The van der Waals surface area contributed by atoms with Crippen molar-refractivity contribution in [2.75, 3.05) is 4.90 Å². The van der Waals surface area contributed by atoms with Crippen molar-refractivity contribution in [2.45, 2.75) is 6.92 Å². The SMILES string of the molecule is CC(=O)N(c1nc(/C=C/C(=O)c2ccc(Cl)cc2)cs1)c1ccccc1F. The third-order valence-corrected chi connectivity index (χ3v) is 4.74. The summed E-state index contributed by atoms with van der Waals surface area (Å²) in [4.78, 5) is 29.7. The second-order valence-corrected chi connectivity index (χ2v) is 6.84. The molecule has 2 aromatic carbocycles. The Hall–Kier alpha value is -2.83. The Labute approximate surface area is 164 Å². The lowest BCUT2D eigenvalue weighted by Gasteiger charge is -2.18. The maximum Gasteiger partial charge on any atom is 0.230 e. The quantitative estimate of drug-likeness (QED) is 0.418. The van der Waals surface area contributed by atoms with Crippen LogP contribution in [0.5, 0.6) is 0 Å². The molecule has 0 saturated carbocycles. The number of carbonyl (C=O) groups is 2.